The Morgan fingerprint density at radius 3 is 3.14 bits per heavy atom. The smallest absolute Gasteiger partial charge is 0.272 e. The molecule has 112 valence electrons. The van der Waals surface area contributed by atoms with Gasteiger partial charge in [-0.05, 0) is 30.5 Å². The van der Waals surface area contributed by atoms with Crippen LogP contribution in [0.15, 0.2) is 41.3 Å². The number of nitrogens with zero attached hydrogens (tertiary/aromatic N) is 3. The highest BCUT2D eigenvalue weighted by Gasteiger charge is 2.19. The van der Waals surface area contributed by atoms with E-state index in [1.807, 2.05) is 12.1 Å². The van der Waals surface area contributed by atoms with Gasteiger partial charge in [0.2, 0.25) is 0 Å². The lowest BCUT2D eigenvalue weighted by molar-refractivity contribution is 0.683. The second-order valence-corrected chi connectivity index (χ2v) is 5.61. The molecule has 0 unspecified atom stereocenters. The van der Waals surface area contributed by atoms with Crippen molar-refractivity contribution >= 4 is 17.0 Å². The van der Waals surface area contributed by atoms with E-state index in [2.05, 4.69) is 21.0 Å². The topological polar surface area (TPSA) is 79.4 Å². The molecule has 0 atom stereocenters. The fraction of sp³-hybridized carbons (Fsp3) is 0.250. The molecule has 4 rings (SSSR count). The number of nitrogen functional groups attached to an aromatic ring is 1. The molecular weight excluding hydrogens is 278 g/mol. The third kappa shape index (κ3) is 2.04. The van der Waals surface area contributed by atoms with Crippen LogP contribution in [-0.4, -0.2) is 21.1 Å². The zero-order valence-electron chi connectivity index (χ0n) is 12.1. The fourth-order valence-corrected chi connectivity index (χ4v) is 3.15. The van der Waals surface area contributed by atoms with E-state index in [-0.39, 0.29) is 5.56 Å². The van der Waals surface area contributed by atoms with Crippen LogP contribution in [0.5, 0.6) is 0 Å². The summed E-state index contributed by atoms with van der Waals surface area (Å²) in [5, 5.41) is 2.85. The normalized spacial score (nSPS) is 14.3. The van der Waals surface area contributed by atoms with Crippen LogP contribution in [0.25, 0.3) is 5.65 Å². The predicted molar refractivity (Wildman–Crippen MR) is 86.0 cm³/mol. The van der Waals surface area contributed by atoms with Crippen molar-refractivity contribution in [3.05, 3.63) is 58.1 Å². The zero-order valence-corrected chi connectivity index (χ0v) is 12.1. The molecule has 22 heavy (non-hydrogen) atoms. The maximum absolute atomic E-state index is 12.1. The fourth-order valence-electron chi connectivity index (χ4n) is 3.15. The number of nitrogens with two attached hydrogens (primary N) is 1. The SMILES string of the molecule is Nc1cccc2c1CCCN2Cc1cc(=O)n2[nH]ccc2n1. The average Bonchev–Trinajstić information content (AvgIpc) is 2.97. The van der Waals surface area contributed by atoms with Gasteiger partial charge < -0.3 is 10.6 Å². The molecule has 1 aromatic carbocycles. The standard InChI is InChI=1S/C16H17N5O/c17-13-4-1-5-14-12(13)3-2-8-20(14)10-11-9-16(22)21-15(19-11)6-7-18-21/h1,4-7,9,18H,2-3,8,10,17H2. The van der Waals surface area contributed by atoms with Gasteiger partial charge in [0.15, 0.2) is 5.65 Å². The third-order valence-corrected chi connectivity index (χ3v) is 4.17. The molecule has 3 heterocycles. The molecule has 6 nitrogen and oxygen atoms in total. The number of rotatable bonds is 2. The first-order valence-electron chi connectivity index (χ1n) is 7.41. The molecule has 0 fully saturated rings. The minimum atomic E-state index is -0.0881. The highest BCUT2D eigenvalue weighted by Crippen LogP contribution is 2.31. The first-order valence-corrected chi connectivity index (χ1v) is 7.41. The van der Waals surface area contributed by atoms with Crippen LogP contribution in [0.1, 0.15) is 17.7 Å². The molecule has 0 aliphatic carbocycles. The first-order chi connectivity index (χ1) is 10.7. The van der Waals surface area contributed by atoms with Gasteiger partial charge in [0.05, 0.1) is 12.2 Å². The van der Waals surface area contributed by atoms with Crippen molar-refractivity contribution in [1.29, 1.82) is 0 Å². The predicted octanol–water partition coefficient (Wildman–Crippen LogP) is 1.56. The van der Waals surface area contributed by atoms with Crippen molar-refractivity contribution in [1.82, 2.24) is 14.6 Å². The Kier molecular flexibility index (Phi) is 2.89. The lowest BCUT2D eigenvalue weighted by Gasteiger charge is -2.31. The number of hydrogen-bond donors (Lipinski definition) is 2. The number of aromatic amines is 1. The summed E-state index contributed by atoms with van der Waals surface area (Å²) < 4.78 is 1.44. The number of fused-ring (bicyclic) bond motifs is 2. The van der Waals surface area contributed by atoms with Crippen LogP contribution in [0, 0.1) is 0 Å². The Morgan fingerprint density at radius 2 is 2.23 bits per heavy atom. The molecule has 0 radical (unpaired) electrons. The van der Waals surface area contributed by atoms with E-state index in [1.165, 1.54) is 10.1 Å². The maximum Gasteiger partial charge on any atom is 0.272 e. The Balaban J connectivity index is 1.72. The van der Waals surface area contributed by atoms with Gasteiger partial charge in [0.25, 0.3) is 5.56 Å². The highest BCUT2D eigenvalue weighted by molar-refractivity contribution is 5.66. The van der Waals surface area contributed by atoms with Crippen molar-refractivity contribution in [2.24, 2.45) is 0 Å². The molecule has 1 aliphatic heterocycles. The molecule has 0 spiro atoms. The van der Waals surface area contributed by atoms with Gasteiger partial charge >= 0.3 is 0 Å². The summed E-state index contributed by atoms with van der Waals surface area (Å²) in [5.74, 6) is 0. The van der Waals surface area contributed by atoms with Crippen LogP contribution in [0.4, 0.5) is 11.4 Å². The average molecular weight is 295 g/mol. The summed E-state index contributed by atoms with van der Waals surface area (Å²) in [7, 11) is 0. The lowest BCUT2D eigenvalue weighted by atomic mass is 10.00. The second-order valence-electron chi connectivity index (χ2n) is 5.61. The molecule has 3 N–H and O–H groups in total. The molecule has 3 aromatic rings. The Hall–Kier alpha value is -2.76. The van der Waals surface area contributed by atoms with E-state index >= 15 is 0 Å². The highest BCUT2D eigenvalue weighted by atomic mass is 16.1. The summed E-state index contributed by atoms with van der Waals surface area (Å²) in [5.41, 5.74) is 10.6. The largest absolute Gasteiger partial charge is 0.398 e. The Morgan fingerprint density at radius 1 is 1.32 bits per heavy atom. The van der Waals surface area contributed by atoms with Gasteiger partial charge in [-0.15, -0.1) is 0 Å². The van der Waals surface area contributed by atoms with Gasteiger partial charge in [-0.3, -0.25) is 9.89 Å². The number of aromatic nitrogens is 3. The van der Waals surface area contributed by atoms with Gasteiger partial charge in [-0.1, -0.05) is 6.07 Å². The van der Waals surface area contributed by atoms with E-state index in [1.54, 1.807) is 18.3 Å². The van der Waals surface area contributed by atoms with Crippen LogP contribution in [-0.2, 0) is 13.0 Å². The Bertz CT molecular complexity index is 895. The molecule has 0 bridgehead atoms. The number of hydrogen-bond acceptors (Lipinski definition) is 4. The van der Waals surface area contributed by atoms with Gasteiger partial charge in [0.1, 0.15) is 0 Å². The molecule has 0 saturated heterocycles. The number of H-pyrrole nitrogens is 1. The van der Waals surface area contributed by atoms with E-state index in [9.17, 15) is 4.79 Å². The van der Waals surface area contributed by atoms with Gasteiger partial charge in [0, 0.05) is 36.2 Å². The van der Waals surface area contributed by atoms with Crippen LogP contribution in [0.3, 0.4) is 0 Å². The lowest BCUT2D eigenvalue weighted by Crippen LogP contribution is -2.30. The van der Waals surface area contributed by atoms with Crippen molar-refractivity contribution in [3.8, 4) is 0 Å². The summed E-state index contributed by atoms with van der Waals surface area (Å²) in [6, 6.07) is 9.40. The number of nitrogens with one attached hydrogen (secondary N) is 1. The van der Waals surface area contributed by atoms with E-state index in [0.29, 0.717) is 12.2 Å². The van der Waals surface area contributed by atoms with Crippen molar-refractivity contribution < 1.29 is 0 Å². The first kappa shape index (κ1) is 12.9. The second kappa shape index (κ2) is 4.91. The summed E-state index contributed by atoms with van der Waals surface area (Å²) in [4.78, 5) is 18.8. The van der Waals surface area contributed by atoms with Crippen molar-refractivity contribution in [3.63, 3.8) is 0 Å². The van der Waals surface area contributed by atoms with Gasteiger partial charge in [-0.25, -0.2) is 9.50 Å². The van der Waals surface area contributed by atoms with E-state index < -0.39 is 0 Å². The quantitative estimate of drug-likeness (QED) is 0.703. The molecular formula is C16H17N5O. The molecule has 1 aliphatic rings. The van der Waals surface area contributed by atoms with Crippen molar-refractivity contribution in [2.75, 3.05) is 17.2 Å². The third-order valence-electron chi connectivity index (χ3n) is 4.17. The monoisotopic (exact) mass is 295 g/mol. The number of anilines is 2. The summed E-state index contributed by atoms with van der Waals surface area (Å²) >= 11 is 0. The van der Waals surface area contributed by atoms with Gasteiger partial charge in [-0.2, -0.15) is 0 Å². The minimum Gasteiger partial charge on any atom is -0.398 e. The Labute approximate surface area is 127 Å². The minimum absolute atomic E-state index is 0.0881. The van der Waals surface area contributed by atoms with Crippen molar-refractivity contribution in [2.45, 2.75) is 19.4 Å². The zero-order chi connectivity index (χ0) is 15.1. The molecule has 0 saturated carbocycles. The summed E-state index contributed by atoms with van der Waals surface area (Å²) in [6.45, 7) is 1.57. The maximum atomic E-state index is 12.1. The van der Waals surface area contributed by atoms with E-state index in [0.717, 1.165) is 36.5 Å². The van der Waals surface area contributed by atoms with Crippen LogP contribution >= 0.6 is 0 Å². The molecule has 2 aromatic heterocycles. The number of benzene rings is 1. The molecule has 6 heteroatoms. The molecule has 0 amide bonds. The van der Waals surface area contributed by atoms with Crippen LogP contribution in [0.2, 0.25) is 0 Å². The summed E-state index contributed by atoms with van der Waals surface area (Å²) in [6.07, 6.45) is 3.78. The van der Waals surface area contributed by atoms with E-state index in [4.69, 9.17) is 5.73 Å². The van der Waals surface area contributed by atoms with Crippen LogP contribution < -0.4 is 16.2 Å².